The summed E-state index contributed by atoms with van der Waals surface area (Å²) < 4.78 is 7.07. The third kappa shape index (κ3) is 5.17. The molecule has 190 valence electrons. The predicted octanol–water partition coefficient (Wildman–Crippen LogP) is 4.97. The molecule has 0 radical (unpaired) electrons. The standard InChI is InChI=1S/C28H29N5O4/c1-18-13-20(31-27-29-12-9-25(32-27)37-2)15-21(14-18)33-16-24(30-17-33)28(36)10-7-19(8-11-28)22-5-3-4-6-23(22)26(34)35/h3-6,9,12-17,19,36H,7-8,10-11H2,1-2H3,(H,34,35)(H,29,31,32). The summed E-state index contributed by atoms with van der Waals surface area (Å²) in [5, 5.41) is 24.2. The van der Waals surface area contributed by atoms with Crippen molar-refractivity contribution < 1.29 is 19.7 Å². The van der Waals surface area contributed by atoms with E-state index in [0.717, 1.165) is 22.5 Å². The van der Waals surface area contributed by atoms with Crippen molar-refractivity contribution in [1.82, 2.24) is 19.5 Å². The van der Waals surface area contributed by atoms with Gasteiger partial charge in [0.25, 0.3) is 0 Å². The number of anilines is 2. The molecule has 2 heterocycles. The van der Waals surface area contributed by atoms with E-state index < -0.39 is 11.6 Å². The molecule has 2 aromatic carbocycles. The first-order valence-electron chi connectivity index (χ1n) is 12.2. The highest BCUT2D eigenvalue weighted by atomic mass is 16.5. The summed E-state index contributed by atoms with van der Waals surface area (Å²) in [5.41, 5.74) is 3.47. The third-order valence-corrected chi connectivity index (χ3v) is 6.96. The minimum absolute atomic E-state index is 0.0962. The van der Waals surface area contributed by atoms with E-state index in [9.17, 15) is 15.0 Å². The van der Waals surface area contributed by atoms with Crippen molar-refractivity contribution in [2.45, 2.75) is 44.1 Å². The number of imidazole rings is 1. The lowest BCUT2D eigenvalue weighted by molar-refractivity contribution is -0.00932. The molecular weight excluding hydrogens is 470 g/mol. The monoisotopic (exact) mass is 499 g/mol. The predicted molar refractivity (Wildman–Crippen MR) is 139 cm³/mol. The molecule has 37 heavy (non-hydrogen) atoms. The molecule has 2 aromatic heterocycles. The summed E-state index contributed by atoms with van der Waals surface area (Å²) in [4.78, 5) is 24.8. The van der Waals surface area contributed by atoms with E-state index in [0.29, 0.717) is 48.8 Å². The first kappa shape index (κ1) is 24.5. The highest BCUT2D eigenvalue weighted by Gasteiger charge is 2.38. The summed E-state index contributed by atoms with van der Waals surface area (Å²) in [6.45, 7) is 2.00. The quantitative estimate of drug-likeness (QED) is 0.326. The van der Waals surface area contributed by atoms with Crippen molar-refractivity contribution in [2.75, 3.05) is 12.4 Å². The molecular formula is C28H29N5O4. The number of nitrogens with one attached hydrogen (secondary N) is 1. The van der Waals surface area contributed by atoms with Gasteiger partial charge in [-0.3, -0.25) is 0 Å². The van der Waals surface area contributed by atoms with Gasteiger partial charge in [-0.1, -0.05) is 18.2 Å². The molecule has 0 amide bonds. The molecule has 9 heteroatoms. The number of aryl methyl sites for hydroxylation is 1. The molecule has 1 aliphatic carbocycles. The van der Waals surface area contributed by atoms with Gasteiger partial charge in [-0.15, -0.1) is 0 Å². The molecule has 1 saturated carbocycles. The molecule has 0 aliphatic heterocycles. The van der Waals surface area contributed by atoms with Gasteiger partial charge in [-0.05, 0) is 73.9 Å². The molecule has 5 rings (SSSR count). The Morgan fingerprint density at radius 3 is 2.68 bits per heavy atom. The van der Waals surface area contributed by atoms with Gasteiger partial charge in [0.2, 0.25) is 11.8 Å². The zero-order valence-electron chi connectivity index (χ0n) is 20.8. The minimum Gasteiger partial charge on any atom is -0.481 e. The largest absolute Gasteiger partial charge is 0.481 e. The van der Waals surface area contributed by atoms with Crippen molar-refractivity contribution in [3.63, 3.8) is 0 Å². The van der Waals surface area contributed by atoms with Crippen molar-refractivity contribution >= 4 is 17.6 Å². The lowest BCUT2D eigenvalue weighted by atomic mass is 9.74. The van der Waals surface area contributed by atoms with Crippen LogP contribution in [-0.4, -0.2) is 42.8 Å². The fourth-order valence-corrected chi connectivity index (χ4v) is 5.04. The summed E-state index contributed by atoms with van der Waals surface area (Å²) in [6.07, 6.45) is 7.60. The Balaban J connectivity index is 1.33. The number of hydrogen-bond donors (Lipinski definition) is 3. The first-order chi connectivity index (χ1) is 17.8. The van der Waals surface area contributed by atoms with E-state index in [1.165, 1.54) is 0 Å². The SMILES string of the molecule is COc1ccnc(Nc2cc(C)cc(-n3cnc(C4(O)CCC(c5ccccc5C(=O)O)CC4)c3)c2)n1. The lowest BCUT2D eigenvalue weighted by Crippen LogP contribution is -2.31. The Labute approximate surface area is 214 Å². The van der Waals surface area contributed by atoms with Crippen molar-refractivity contribution in [2.24, 2.45) is 0 Å². The normalized spacial score (nSPS) is 19.4. The van der Waals surface area contributed by atoms with Crippen LogP contribution in [0.5, 0.6) is 5.88 Å². The van der Waals surface area contributed by atoms with Gasteiger partial charge in [-0.2, -0.15) is 4.98 Å². The first-order valence-corrected chi connectivity index (χ1v) is 12.2. The third-order valence-electron chi connectivity index (χ3n) is 6.96. The Morgan fingerprint density at radius 1 is 1.14 bits per heavy atom. The van der Waals surface area contributed by atoms with Crippen LogP contribution in [0.4, 0.5) is 11.6 Å². The van der Waals surface area contributed by atoms with Crippen LogP contribution in [0.25, 0.3) is 5.69 Å². The van der Waals surface area contributed by atoms with Crippen molar-refractivity contribution in [3.8, 4) is 11.6 Å². The Kier molecular flexibility index (Phi) is 6.62. The molecule has 1 fully saturated rings. The summed E-state index contributed by atoms with van der Waals surface area (Å²) in [7, 11) is 1.56. The number of nitrogens with zero attached hydrogens (tertiary/aromatic N) is 4. The number of rotatable bonds is 7. The molecule has 0 atom stereocenters. The maximum Gasteiger partial charge on any atom is 0.335 e. The van der Waals surface area contributed by atoms with Gasteiger partial charge in [0.15, 0.2) is 0 Å². The van der Waals surface area contributed by atoms with Crippen LogP contribution in [0.3, 0.4) is 0 Å². The molecule has 1 aliphatic rings. The van der Waals surface area contributed by atoms with E-state index in [4.69, 9.17) is 4.74 Å². The zero-order valence-corrected chi connectivity index (χ0v) is 20.8. The van der Waals surface area contributed by atoms with Gasteiger partial charge in [0.1, 0.15) is 5.60 Å². The van der Waals surface area contributed by atoms with Crippen LogP contribution in [0, 0.1) is 6.92 Å². The molecule has 4 aromatic rings. The van der Waals surface area contributed by atoms with E-state index in [-0.39, 0.29) is 5.92 Å². The Hall–Kier alpha value is -4.24. The van der Waals surface area contributed by atoms with Gasteiger partial charge in [0.05, 0.1) is 24.7 Å². The van der Waals surface area contributed by atoms with Crippen molar-refractivity contribution in [1.29, 1.82) is 0 Å². The number of carboxylic acids is 1. The smallest absolute Gasteiger partial charge is 0.335 e. The second-order valence-corrected chi connectivity index (χ2v) is 9.47. The summed E-state index contributed by atoms with van der Waals surface area (Å²) in [6, 6.07) is 14.8. The topological polar surface area (TPSA) is 122 Å². The van der Waals surface area contributed by atoms with E-state index in [1.54, 1.807) is 37.8 Å². The van der Waals surface area contributed by atoms with E-state index >= 15 is 0 Å². The highest BCUT2D eigenvalue weighted by Crippen LogP contribution is 2.43. The lowest BCUT2D eigenvalue weighted by Gasteiger charge is -2.35. The Morgan fingerprint density at radius 2 is 1.92 bits per heavy atom. The molecule has 9 nitrogen and oxygen atoms in total. The van der Waals surface area contributed by atoms with E-state index in [2.05, 4.69) is 20.3 Å². The summed E-state index contributed by atoms with van der Waals surface area (Å²) >= 11 is 0. The van der Waals surface area contributed by atoms with Gasteiger partial charge in [-0.25, -0.2) is 14.8 Å². The Bertz CT molecular complexity index is 1430. The number of methoxy groups -OCH3 is 1. The number of aromatic carboxylic acids is 1. The highest BCUT2D eigenvalue weighted by molar-refractivity contribution is 5.89. The average Bonchev–Trinajstić information content (AvgIpc) is 3.41. The number of hydrogen-bond acceptors (Lipinski definition) is 7. The van der Waals surface area contributed by atoms with Gasteiger partial charge in [0, 0.05) is 29.8 Å². The number of benzene rings is 2. The number of aromatic nitrogens is 4. The van der Waals surface area contributed by atoms with Crippen LogP contribution in [-0.2, 0) is 5.60 Å². The second kappa shape index (κ2) is 10.0. The van der Waals surface area contributed by atoms with Crippen molar-refractivity contribution in [3.05, 3.63) is 89.6 Å². The maximum absolute atomic E-state index is 11.7. The second-order valence-electron chi connectivity index (χ2n) is 9.47. The maximum atomic E-state index is 11.7. The number of aliphatic hydroxyl groups is 1. The van der Waals surface area contributed by atoms with Gasteiger partial charge >= 0.3 is 5.97 Å². The number of carbonyl (C=O) groups is 1. The van der Waals surface area contributed by atoms with Crippen LogP contribution in [0.2, 0.25) is 0 Å². The minimum atomic E-state index is -1.06. The van der Waals surface area contributed by atoms with Crippen LogP contribution < -0.4 is 10.1 Å². The number of carboxylic acid groups (broad SMARTS) is 1. The zero-order chi connectivity index (χ0) is 26.0. The fourth-order valence-electron chi connectivity index (χ4n) is 5.04. The van der Waals surface area contributed by atoms with Crippen LogP contribution >= 0.6 is 0 Å². The molecule has 3 N–H and O–H groups in total. The van der Waals surface area contributed by atoms with Crippen LogP contribution in [0.1, 0.15) is 58.8 Å². The fraction of sp³-hybridized carbons (Fsp3) is 0.286. The van der Waals surface area contributed by atoms with Gasteiger partial charge < -0.3 is 24.8 Å². The van der Waals surface area contributed by atoms with Crippen LogP contribution in [0.15, 0.2) is 67.3 Å². The van der Waals surface area contributed by atoms with E-state index in [1.807, 2.05) is 48.0 Å². The molecule has 0 saturated heterocycles. The molecule has 0 bridgehead atoms. The average molecular weight is 500 g/mol. The summed E-state index contributed by atoms with van der Waals surface area (Å²) in [5.74, 6) is 0.0795. The molecule has 0 unspecified atom stereocenters. The number of ether oxygens (including phenoxy) is 1. The molecule has 0 spiro atoms.